The SMILES string of the molecule is CC(C)CCNC(=O)[C@]1(C)CN(S(=O)(=O)c2ccccc2)CC(=O)N1c1ccc(F)cc1F. The zero-order valence-electron chi connectivity index (χ0n) is 18.7. The number of sulfonamides is 1. The van der Waals surface area contributed by atoms with Crippen LogP contribution in [0.5, 0.6) is 0 Å². The van der Waals surface area contributed by atoms with Crippen molar-refractivity contribution in [3.05, 3.63) is 60.2 Å². The van der Waals surface area contributed by atoms with Crippen LogP contribution in [0.4, 0.5) is 14.5 Å². The van der Waals surface area contributed by atoms with E-state index in [4.69, 9.17) is 0 Å². The van der Waals surface area contributed by atoms with Crippen molar-refractivity contribution in [2.75, 3.05) is 24.5 Å². The summed E-state index contributed by atoms with van der Waals surface area (Å²) >= 11 is 0. The highest BCUT2D eigenvalue weighted by Gasteiger charge is 2.51. The van der Waals surface area contributed by atoms with Gasteiger partial charge in [0.25, 0.3) is 0 Å². The molecule has 2 aromatic rings. The summed E-state index contributed by atoms with van der Waals surface area (Å²) in [6.07, 6.45) is 0.659. The van der Waals surface area contributed by atoms with Gasteiger partial charge in [0, 0.05) is 19.2 Å². The Morgan fingerprint density at radius 2 is 1.82 bits per heavy atom. The molecule has 1 fully saturated rings. The number of amides is 2. The van der Waals surface area contributed by atoms with Crippen LogP contribution in [0.15, 0.2) is 53.4 Å². The lowest BCUT2D eigenvalue weighted by Gasteiger charge is -2.46. The molecule has 1 aliphatic heterocycles. The first kappa shape index (κ1) is 24.8. The number of carbonyl (C=O) groups excluding carboxylic acids is 2. The molecular formula is C23H27F2N3O4S. The van der Waals surface area contributed by atoms with Gasteiger partial charge in [-0.2, -0.15) is 4.31 Å². The molecule has 2 amide bonds. The van der Waals surface area contributed by atoms with E-state index < -0.39 is 52.1 Å². The highest BCUT2D eigenvalue weighted by atomic mass is 32.2. The van der Waals surface area contributed by atoms with Gasteiger partial charge in [-0.1, -0.05) is 32.0 Å². The molecule has 1 saturated heterocycles. The van der Waals surface area contributed by atoms with E-state index in [9.17, 15) is 26.8 Å². The number of hydrogen-bond donors (Lipinski definition) is 1. The van der Waals surface area contributed by atoms with Crippen molar-refractivity contribution in [2.45, 2.75) is 37.6 Å². The van der Waals surface area contributed by atoms with Crippen molar-refractivity contribution >= 4 is 27.5 Å². The molecule has 178 valence electrons. The highest BCUT2D eigenvalue weighted by molar-refractivity contribution is 7.89. The largest absolute Gasteiger partial charge is 0.354 e. The number of halogens is 2. The number of benzene rings is 2. The Bertz CT molecular complexity index is 1140. The van der Waals surface area contributed by atoms with Crippen molar-refractivity contribution in [3.63, 3.8) is 0 Å². The van der Waals surface area contributed by atoms with E-state index in [-0.39, 0.29) is 10.6 Å². The Labute approximate surface area is 192 Å². The maximum absolute atomic E-state index is 14.7. The van der Waals surface area contributed by atoms with Crippen LogP contribution in [0.3, 0.4) is 0 Å². The van der Waals surface area contributed by atoms with Gasteiger partial charge < -0.3 is 5.32 Å². The molecule has 1 N–H and O–H groups in total. The van der Waals surface area contributed by atoms with Crippen LogP contribution < -0.4 is 10.2 Å². The molecule has 0 bridgehead atoms. The first-order valence-electron chi connectivity index (χ1n) is 10.6. The number of carbonyl (C=O) groups is 2. The summed E-state index contributed by atoms with van der Waals surface area (Å²) in [4.78, 5) is 27.4. The molecule has 0 radical (unpaired) electrons. The van der Waals surface area contributed by atoms with Crippen LogP contribution >= 0.6 is 0 Å². The van der Waals surface area contributed by atoms with E-state index in [2.05, 4.69) is 5.32 Å². The lowest BCUT2D eigenvalue weighted by Crippen LogP contribution is -2.70. The second-order valence-corrected chi connectivity index (χ2v) is 10.6. The summed E-state index contributed by atoms with van der Waals surface area (Å²) < 4.78 is 55.5. The lowest BCUT2D eigenvalue weighted by molar-refractivity contribution is -0.133. The lowest BCUT2D eigenvalue weighted by atomic mass is 9.94. The van der Waals surface area contributed by atoms with Crippen molar-refractivity contribution in [2.24, 2.45) is 5.92 Å². The monoisotopic (exact) mass is 479 g/mol. The maximum Gasteiger partial charge on any atom is 0.247 e. The zero-order chi connectivity index (χ0) is 24.4. The van der Waals surface area contributed by atoms with Crippen LogP contribution in [0.2, 0.25) is 0 Å². The fraction of sp³-hybridized carbons (Fsp3) is 0.391. The van der Waals surface area contributed by atoms with Gasteiger partial charge in [-0.05, 0) is 43.5 Å². The van der Waals surface area contributed by atoms with Crippen LogP contribution in [0.1, 0.15) is 27.2 Å². The standard InChI is InChI=1S/C23H27F2N3O4S/c1-16(2)11-12-26-22(30)23(3)15-27(33(31,32)18-7-5-4-6-8-18)14-21(29)28(23)20-10-9-17(24)13-19(20)25/h4-10,13,16H,11-12,14-15H2,1-3H3,(H,26,30)/t23-/m0/s1. The van der Waals surface area contributed by atoms with Crippen LogP contribution in [-0.4, -0.2) is 49.7 Å². The first-order chi connectivity index (χ1) is 15.5. The van der Waals surface area contributed by atoms with Crippen LogP contribution in [-0.2, 0) is 19.6 Å². The normalized spacial score (nSPS) is 19.7. The summed E-state index contributed by atoms with van der Waals surface area (Å²) in [6, 6.07) is 10.2. The molecule has 0 aromatic heterocycles. The Morgan fingerprint density at radius 1 is 1.15 bits per heavy atom. The predicted octanol–water partition coefficient (Wildman–Crippen LogP) is 2.92. The van der Waals surface area contributed by atoms with Crippen LogP contribution in [0.25, 0.3) is 0 Å². The van der Waals surface area contributed by atoms with E-state index in [1.54, 1.807) is 18.2 Å². The molecule has 0 saturated carbocycles. The zero-order valence-corrected chi connectivity index (χ0v) is 19.5. The summed E-state index contributed by atoms with van der Waals surface area (Å²) in [7, 11) is -4.10. The third-order valence-electron chi connectivity index (χ3n) is 5.57. The molecule has 3 rings (SSSR count). The van der Waals surface area contributed by atoms with E-state index in [1.165, 1.54) is 19.1 Å². The fourth-order valence-electron chi connectivity index (χ4n) is 3.78. The van der Waals surface area contributed by atoms with Crippen molar-refractivity contribution < 1.29 is 26.8 Å². The molecule has 7 nitrogen and oxygen atoms in total. The Hall–Kier alpha value is -2.85. The average molecular weight is 480 g/mol. The average Bonchev–Trinajstić information content (AvgIpc) is 2.75. The number of anilines is 1. The number of hydrogen-bond acceptors (Lipinski definition) is 4. The minimum Gasteiger partial charge on any atom is -0.354 e. The second kappa shape index (κ2) is 9.56. The summed E-state index contributed by atoms with van der Waals surface area (Å²) in [6.45, 7) is 4.64. The summed E-state index contributed by atoms with van der Waals surface area (Å²) in [5.74, 6) is -2.99. The molecular weight excluding hydrogens is 452 g/mol. The maximum atomic E-state index is 14.7. The Morgan fingerprint density at radius 3 is 2.42 bits per heavy atom. The number of piperazine rings is 1. The van der Waals surface area contributed by atoms with Gasteiger partial charge in [0.15, 0.2) is 0 Å². The molecule has 1 heterocycles. The number of rotatable bonds is 7. The van der Waals surface area contributed by atoms with Gasteiger partial charge in [0.05, 0.1) is 17.1 Å². The molecule has 1 aliphatic rings. The first-order valence-corrected chi connectivity index (χ1v) is 12.0. The van der Waals surface area contributed by atoms with E-state index >= 15 is 0 Å². The molecule has 0 unspecified atom stereocenters. The number of nitrogens with zero attached hydrogens (tertiary/aromatic N) is 2. The quantitative estimate of drug-likeness (QED) is 0.662. The topological polar surface area (TPSA) is 86.8 Å². The minimum atomic E-state index is -4.10. The molecule has 10 heteroatoms. The van der Waals surface area contributed by atoms with Gasteiger partial charge >= 0.3 is 0 Å². The third-order valence-corrected chi connectivity index (χ3v) is 7.37. The third kappa shape index (κ3) is 5.06. The van der Waals surface area contributed by atoms with Crippen molar-refractivity contribution in [1.82, 2.24) is 9.62 Å². The number of nitrogens with one attached hydrogen (secondary N) is 1. The molecule has 1 atom stereocenters. The fourth-order valence-corrected chi connectivity index (χ4v) is 5.28. The van der Waals surface area contributed by atoms with Crippen molar-refractivity contribution in [1.29, 1.82) is 0 Å². The van der Waals surface area contributed by atoms with Gasteiger partial charge in [-0.25, -0.2) is 17.2 Å². The molecule has 2 aromatic carbocycles. The molecule has 0 aliphatic carbocycles. The smallest absolute Gasteiger partial charge is 0.247 e. The van der Waals surface area contributed by atoms with E-state index in [1.807, 2.05) is 13.8 Å². The van der Waals surface area contributed by atoms with Gasteiger partial charge in [-0.3, -0.25) is 14.5 Å². The van der Waals surface area contributed by atoms with Gasteiger partial charge in [-0.15, -0.1) is 0 Å². The second-order valence-electron chi connectivity index (χ2n) is 8.62. The summed E-state index contributed by atoms with van der Waals surface area (Å²) in [5.41, 5.74) is -2.06. The predicted molar refractivity (Wildman–Crippen MR) is 120 cm³/mol. The molecule has 33 heavy (non-hydrogen) atoms. The van der Waals surface area contributed by atoms with E-state index in [0.29, 0.717) is 24.9 Å². The Balaban J connectivity index is 2.04. The minimum absolute atomic E-state index is 0.0261. The molecule has 0 spiro atoms. The van der Waals surface area contributed by atoms with Crippen LogP contribution in [0, 0.1) is 17.6 Å². The van der Waals surface area contributed by atoms with Crippen molar-refractivity contribution in [3.8, 4) is 0 Å². The van der Waals surface area contributed by atoms with Gasteiger partial charge in [0.2, 0.25) is 21.8 Å². The Kier molecular flexibility index (Phi) is 7.18. The summed E-state index contributed by atoms with van der Waals surface area (Å²) in [5, 5.41) is 2.74. The highest BCUT2D eigenvalue weighted by Crippen LogP contribution is 2.34. The van der Waals surface area contributed by atoms with Gasteiger partial charge in [0.1, 0.15) is 17.2 Å². The van der Waals surface area contributed by atoms with E-state index in [0.717, 1.165) is 21.3 Å².